The second-order valence-corrected chi connectivity index (χ2v) is 7.30. The molecule has 0 bridgehead atoms. The molecule has 1 aromatic carbocycles. The van der Waals surface area contributed by atoms with E-state index in [-0.39, 0.29) is 36.5 Å². The Balaban J connectivity index is 2.35. The largest absolute Gasteiger partial charge is 0.485 e. The Bertz CT molecular complexity index is 935. The van der Waals surface area contributed by atoms with Gasteiger partial charge in [-0.15, -0.1) is 0 Å². The molecule has 7 heteroatoms. The molecule has 1 aliphatic rings. The predicted molar refractivity (Wildman–Crippen MR) is 103 cm³/mol. The summed E-state index contributed by atoms with van der Waals surface area (Å²) in [5.74, 6) is -1.06. The van der Waals surface area contributed by atoms with E-state index in [0.717, 1.165) is 11.1 Å². The fraction of sp³-hybridized carbons (Fsp3) is 0.400. The van der Waals surface area contributed by atoms with Gasteiger partial charge >= 0.3 is 5.97 Å². The maximum absolute atomic E-state index is 12.9. The number of methoxy groups -OCH3 is 1. The summed E-state index contributed by atoms with van der Waals surface area (Å²) in [7, 11) is 1.53. The third-order valence-corrected chi connectivity index (χ3v) is 5.16. The molecule has 6 nitrogen and oxygen atoms in total. The van der Waals surface area contributed by atoms with Gasteiger partial charge in [-0.2, -0.15) is 0 Å². The van der Waals surface area contributed by atoms with Gasteiger partial charge in [0, 0.05) is 24.9 Å². The highest BCUT2D eigenvalue weighted by Gasteiger charge is 2.33. The average Bonchev–Trinajstić information content (AvgIpc) is 2.62. The van der Waals surface area contributed by atoms with Crippen LogP contribution in [0.25, 0.3) is 11.3 Å². The molecule has 1 aromatic heterocycles. The van der Waals surface area contributed by atoms with Gasteiger partial charge in [0.25, 0.3) is 0 Å². The van der Waals surface area contributed by atoms with Crippen LogP contribution in [-0.4, -0.2) is 36.0 Å². The topological polar surface area (TPSA) is 77.8 Å². The van der Waals surface area contributed by atoms with Crippen LogP contribution >= 0.6 is 11.6 Å². The first kappa shape index (κ1) is 19.5. The Hall–Kier alpha value is -2.31. The standard InChI is InChI=1S/C20H22ClNO5/c1-11(2)15-9-12-5-4-6-14(21)16(12)17-19(27-8-7-26-3)18(23)13(20(24)25)10-22(15)17/h4-6,10-11,15H,7-9H2,1-3H3,(H,24,25). The van der Waals surface area contributed by atoms with Crippen molar-refractivity contribution in [1.29, 1.82) is 0 Å². The van der Waals surface area contributed by atoms with Gasteiger partial charge in [0.05, 0.1) is 17.3 Å². The van der Waals surface area contributed by atoms with Gasteiger partial charge in [0.1, 0.15) is 12.2 Å². The van der Waals surface area contributed by atoms with Crippen molar-refractivity contribution in [2.45, 2.75) is 26.3 Å². The zero-order valence-electron chi connectivity index (χ0n) is 15.5. The molecule has 1 unspecified atom stereocenters. The summed E-state index contributed by atoms with van der Waals surface area (Å²) in [6, 6.07) is 5.60. The van der Waals surface area contributed by atoms with Crippen LogP contribution in [-0.2, 0) is 11.2 Å². The molecule has 0 saturated carbocycles. The summed E-state index contributed by atoms with van der Waals surface area (Å²) in [5.41, 5.74) is 1.30. The quantitative estimate of drug-likeness (QED) is 0.760. The Kier molecular flexibility index (Phi) is 5.58. The van der Waals surface area contributed by atoms with Crippen molar-refractivity contribution in [3.05, 3.63) is 50.8 Å². The Morgan fingerprint density at radius 3 is 2.74 bits per heavy atom. The first-order chi connectivity index (χ1) is 12.9. The molecule has 144 valence electrons. The van der Waals surface area contributed by atoms with Gasteiger partial charge in [-0.05, 0) is 24.0 Å². The van der Waals surface area contributed by atoms with Crippen molar-refractivity contribution in [2.24, 2.45) is 5.92 Å². The second kappa shape index (κ2) is 7.74. The lowest BCUT2D eigenvalue weighted by Gasteiger charge is -2.34. The SMILES string of the molecule is COCCOc1c2n(cc(C(=O)O)c1=O)C(C(C)C)Cc1cccc(Cl)c1-2. The molecule has 0 aliphatic carbocycles. The van der Waals surface area contributed by atoms with Crippen LogP contribution in [0.4, 0.5) is 0 Å². The number of hydrogen-bond acceptors (Lipinski definition) is 4. The number of carboxylic acid groups (broad SMARTS) is 1. The number of aromatic nitrogens is 1. The van der Waals surface area contributed by atoms with Crippen LogP contribution in [0.2, 0.25) is 5.02 Å². The zero-order chi connectivity index (χ0) is 19.7. The van der Waals surface area contributed by atoms with E-state index in [1.165, 1.54) is 13.3 Å². The first-order valence-electron chi connectivity index (χ1n) is 8.78. The summed E-state index contributed by atoms with van der Waals surface area (Å²) >= 11 is 6.47. The zero-order valence-corrected chi connectivity index (χ0v) is 16.2. The van der Waals surface area contributed by atoms with Crippen molar-refractivity contribution in [2.75, 3.05) is 20.3 Å². The van der Waals surface area contributed by atoms with Crippen LogP contribution in [0.3, 0.4) is 0 Å². The van der Waals surface area contributed by atoms with E-state index >= 15 is 0 Å². The molecule has 0 radical (unpaired) electrons. The van der Waals surface area contributed by atoms with E-state index < -0.39 is 11.4 Å². The molecule has 1 aliphatic heterocycles. The summed E-state index contributed by atoms with van der Waals surface area (Å²) in [6.45, 7) is 4.54. The third kappa shape index (κ3) is 3.47. The van der Waals surface area contributed by atoms with E-state index in [4.69, 9.17) is 21.1 Å². The summed E-state index contributed by atoms with van der Waals surface area (Å²) in [4.78, 5) is 24.5. The number of aromatic carboxylic acids is 1. The lowest BCUT2D eigenvalue weighted by molar-refractivity contribution is 0.0693. The lowest BCUT2D eigenvalue weighted by atomic mass is 9.87. The number of rotatable bonds is 6. The highest BCUT2D eigenvalue weighted by molar-refractivity contribution is 6.33. The Labute approximate surface area is 162 Å². The highest BCUT2D eigenvalue weighted by atomic mass is 35.5. The first-order valence-corrected chi connectivity index (χ1v) is 9.16. The minimum absolute atomic E-state index is 0.00616. The van der Waals surface area contributed by atoms with E-state index in [9.17, 15) is 14.7 Å². The van der Waals surface area contributed by atoms with Gasteiger partial charge in [-0.3, -0.25) is 4.79 Å². The van der Waals surface area contributed by atoms with E-state index in [1.54, 1.807) is 6.07 Å². The number of carboxylic acids is 1. The monoisotopic (exact) mass is 391 g/mol. The predicted octanol–water partition coefficient (Wildman–Crippen LogP) is 3.65. The number of hydrogen-bond donors (Lipinski definition) is 1. The van der Waals surface area contributed by atoms with Gasteiger partial charge in [0.15, 0.2) is 5.75 Å². The molecular weight excluding hydrogens is 370 g/mol. The van der Waals surface area contributed by atoms with Crippen molar-refractivity contribution in [3.8, 4) is 17.0 Å². The normalized spacial score (nSPS) is 15.4. The molecule has 0 fully saturated rings. The number of carbonyl (C=O) groups is 1. The van der Waals surface area contributed by atoms with Crippen LogP contribution in [0, 0.1) is 5.92 Å². The van der Waals surface area contributed by atoms with E-state index in [2.05, 4.69) is 13.8 Å². The number of nitrogens with zero attached hydrogens (tertiary/aromatic N) is 1. The van der Waals surface area contributed by atoms with Gasteiger partial charge in [-0.1, -0.05) is 37.6 Å². The number of ether oxygens (including phenoxy) is 2. The summed E-state index contributed by atoms with van der Waals surface area (Å²) < 4.78 is 12.6. The Morgan fingerprint density at radius 2 is 2.11 bits per heavy atom. The molecule has 2 heterocycles. The molecular formula is C20H22ClNO5. The number of halogens is 1. The van der Waals surface area contributed by atoms with Gasteiger partial charge < -0.3 is 19.1 Å². The molecule has 27 heavy (non-hydrogen) atoms. The molecule has 1 atom stereocenters. The number of benzene rings is 1. The van der Waals surface area contributed by atoms with Crippen LogP contribution in [0.1, 0.15) is 35.8 Å². The maximum Gasteiger partial charge on any atom is 0.341 e. The van der Waals surface area contributed by atoms with Crippen LogP contribution in [0.5, 0.6) is 5.75 Å². The van der Waals surface area contributed by atoms with E-state index in [0.29, 0.717) is 17.1 Å². The van der Waals surface area contributed by atoms with Gasteiger partial charge in [-0.25, -0.2) is 4.79 Å². The van der Waals surface area contributed by atoms with Crippen molar-refractivity contribution in [3.63, 3.8) is 0 Å². The highest BCUT2D eigenvalue weighted by Crippen LogP contribution is 2.44. The molecule has 0 amide bonds. The van der Waals surface area contributed by atoms with Crippen LogP contribution in [0.15, 0.2) is 29.2 Å². The lowest BCUT2D eigenvalue weighted by Crippen LogP contribution is -2.30. The number of pyridine rings is 1. The minimum Gasteiger partial charge on any atom is -0.485 e. The molecule has 3 rings (SSSR count). The summed E-state index contributed by atoms with van der Waals surface area (Å²) in [5, 5.41) is 10.0. The fourth-order valence-electron chi connectivity index (χ4n) is 3.51. The third-order valence-electron chi connectivity index (χ3n) is 4.85. The molecule has 0 spiro atoms. The number of fused-ring (bicyclic) bond motifs is 3. The fourth-order valence-corrected chi connectivity index (χ4v) is 3.80. The summed E-state index contributed by atoms with van der Waals surface area (Å²) in [6.07, 6.45) is 2.11. The van der Waals surface area contributed by atoms with Crippen molar-refractivity contribution >= 4 is 17.6 Å². The van der Waals surface area contributed by atoms with Crippen molar-refractivity contribution < 1.29 is 19.4 Å². The smallest absolute Gasteiger partial charge is 0.341 e. The van der Waals surface area contributed by atoms with E-state index in [1.807, 2.05) is 16.7 Å². The molecule has 1 N–H and O–H groups in total. The Morgan fingerprint density at radius 1 is 1.37 bits per heavy atom. The second-order valence-electron chi connectivity index (χ2n) is 6.89. The molecule has 0 saturated heterocycles. The van der Waals surface area contributed by atoms with Crippen LogP contribution < -0.4 is 10.2 Å². The maximum atomic E-state index is 12.9. The minimum atomic E-state index is -1.28. The van der Waals surface area contributed by atoms with Gasteiger partial charge in [0.2, 0.25) is 5.43 Å². The average molecular weight is 392 g/mol. The molecule has 2 aromatic rings. The van der Waals surface area contributed by atoms with Crippen molar-refractivity contribution in [1.82, 2.24) is 4.57 Å².